The molecule has 1 fully saturated rings. The molecule has 168 valence electrons. The lowest BCUT2D eigenvalue weighted by atomic mass is 10.1. The quantitative estimate of drug-likeness (QED) is 0.489. The predicted octanol–water partition coefficient (Wildman–Crippen LogP) is 5.00. The van der Waals surface area contributed by atoms with Gasteiger partial charge in [0, 0.05) is 11.7 Å². The molecule has 32 heavy (non-hydrogen) atoms. The number of nitrogens with one attached hydrogen (secondary N) is 1. The SMILES string of the molecule is Cc1cccc(C)c1OCc1nnc(SC(C)C(=O)NC2CCCC2)n1-c1ccccc1. The molecule has 0 spiro atoms. The first kappa shape index (κ1) is 22.4. The van der Waals surface area contributed by atoms with Crippen molar-refractivity contribution in [1.29, 1.82) is 0 Å². The van der Waals surface area contributed by atoms with Gasteiger partial charge >= 0.3 is 0 Å². The van der Waals surface area contributed by atoms with Crippen LogP contribution in [0.5, 0.6) is 5.75 Å². The highest BCUT2D eigenvalue weighted by molar-refractivity contribution is 8.00. The first-order valence-corrected chi connectivity index (χ1v) is 12.1. The molecule has 6 nitrogen and oxygen atoms in total. The van der Waals surface area contributed by atoms with Crippen molar-refractivity contribution in [3.63, 3.8) is 0 Å². The second kappa shape index (κ2) is 10.2. The average molecular weight is 451 g/mol. The molecule has 7 heteroatoms. The van der Waals surface area contributed by atoms with Gasteiger partial charge in [-0.3, -0.25) is 9.36 Å². The smallest absolute Gasteiger partial charge is 0.233 e. The summed E-state index contributed by atoms with van der Waals surface area (Å²) in [7, 11) is 0. The molecule has 1 unspecified atom stereocenters. The topological polar surface area (TPSA) is 69.0 Å². The Morgan fingerprint density at radius 2 is 1.78 bits per heavy atom. The second-order valence-corrected chi connectivity index (χ2v) is 9.64. The van der Waals surface area contributed by atoms with E-state index in [4.69, 9.17) is 4.74 Å². The summed E-state index contributed by atoms with van der Waals surface area (Å²) in [5.74, 6) is 1.62. The first-order chi connectivity index (χ1) is 15.5. The van der Waals surface area contributed by atoms with Crippen LogP contribution < -0.4 is 10.1 Å². The summed E-state index contributed by atoms with van der Waals surface area (Å²) < 4.78 is 8.14. The summed E-state index contributed by atoms with van der Waals surface area (Å²) in [5, 5.41) is 12.4. The summed E-state index contributed by atoms with van der Waals surface area (Å²) in [5.41, 5.74) is 3.12. The van der Waals surface area contributed by atoms with E-state index in [2.05, 4.69) is 15.5 Å². The van der Waals surface area contributed by atoms with Crippen molar-refractivity contribution in [2.45, 2.75) is 69.5 Å². The van der Waals surface area contributed by atoms with E-state index in [1.165, 1.54) is 24.6 Å². The van der Waals surface area contributed by atoms with Gasteiger partial charge in [-0.05, 0) is 56.9 Å². The van der Waals surface area contributed by atoms with Crippen LogP contribution in [0.2, 0.25) is 0 Å². The van der Waals surface area contributed by atoms with Gasteiger partial charge in [0.05, 0.1) is 5.25 Å². The molecule has 0 aliphatic heterocycles. The van der Waals surface area contributed by atoms with Crippen molar-refractivity contribution in [3.05, 3.63) is 65.5 Å². The van der Waals surface area contributed by atoms with Crippen LogP contribution >= 0.6 is 11.8 Å². The number of aryl methyl sites for hydroxylation is 2. The fraction of sp³-hybridized carbons (Fsp3) is 0.400. The average Bonchev–Trinajstić information content (AvgIpc) is 3.44. The number of hydrogen-bond acceptors (Lipinski definition) is 5. The number of benzene rings is 2. The highest BCUT2D eigenvalue weighted by Gasteiger charge is 2.24. The minimum Gasteiger partial charge on any atom is -0.485 e. The van der Waals surface area contributed by atoms with Gasteiger partial charge in [0.25, 0.3) is 0 Å². The number of rotatable bonds is 8. The van der Waals surface area contributed by atoms with Crippen LogP contribution in [0, 0.1) is 13.8 Å². The number of carbonyl (C=O) groups excluding carboxylic acids is 1. The summed E-state index contributed by atoms with van der Waals surface area (Å²) in [6, 6.07) is 16.4. The molecule has 1 heterocycles. The lowest BCUT2D eigenvalue weighted by Gasteiger charge is -2.17. The molecule has 1 amide bonds. The fourth-order valence-corrected chi connectivity index (χ4v) is 4.97. The van der Waals surface area contributed by atoms with E-state index in [9.17, 15) is 4.79 Å². The van der Waals surface area contributed by atoms with Gasteiger partial charge in [0.1, 0.15) is 12.4 Å². The van der Waals surface area contributed by atoms with Crippen LogP contribution in [0.1, 0.15) is 49.6 Å². The van der Waals surface area contributed by atoms with Gasteiger partial charge in [0.2, 0.25) is 5.91 Å². The van der Waals surface area contributed by atoms with Gasteiger partial charge in [-0.15, -0.1) is 10.2 Å². The zero-order chi connectivity index (χ0) is 22.5. The number of nitrogens with zero attached hydrogens (tertiary/aromatic N) is 3. The summed E-state index contributed by atoms with van der Waals surface area (Å²) in [6.45, 7) is 6.29. The summed E-state index contributed by atoms with van der Waals surface area (Å²) in [6.07, 6.45) is 4.53. The Hall–Kier alpha value is -2.80. The number of aromatic nitrogens is 3. The Morgan fingerprint density at radius 3 is 2.47 bits per heavy atom. The molecule has 0 saturated heterocycles. The maximum absolute atomic E-state index is 12.7. The maximum atomic E-state index is 12.7. The second-order valence-electron chi connectivity index (χ2n) is 8.33. The van der Waals surface area contributed by atoms with Gasteiger partial charge in [-0.2, -0.15) is 0 Å². The van der Waals surface area contributed by atoms with Crippen molar-refractivity contribution >= 4 is 17.7 Å². The molecular formula is C25H30N4O2S. The minimum absolute atomic E-state index is 0.0536. The molecule has 1 atom stereocenters. The zero-order valence-electron chi connectivity index (χ0n) is 18.9. The van der Waals surface area contributed by atoms with E-state index in [1.54, 1.807) is 0 Å². The number of thioether (sulfide) groups is 1. The Labute approximate surface area is 193 Å². The molecule has 1 N–H and O–H groups in total. The van der Waals surface area contributed by atoms with Crippen LogP contribution in [0.25, 0.3) is 5.69 Å². The molecule has 0 bridgehead atoms. The summed E-state index contributed by atoms with van der Waals surface area (Å²) >= 11 is 1.43. The number of para-hydroxylation sites is 2. The van der Waals surface area contributed by atoms with Crippen molar-refractivity contribution in [2.75, 3.05) is 0 Å². The standard InChI is InChI=1S/C25H30N4O2S/c1-17-10-9-11-18(2)23(17)31-16-22-27-28-25(29(22)21-14-5-4-6-15-21)32-19(3)24(30)26-20-12-7-8-13-20/h4-6,9-11,14-15,19-20H,7-8,12-13,16H2,1-3H3,(H,26,30). The van der Waals surface area contributed by atoms with Crippen LogP contribution in [0.15, 0.2) is 53.7 Å². The lowest BCUT2D eigenvalue weighted by Crippen LogP contribution is -2.37. The Kier molecular flexibility index (Phi) is 7.15. The minimum atomic E-state index is -0.269. The van der Waals surface area contributed by atoms with Crippen LogP contribution in [0.4, 0.5) is 0 Å². The third-order valence-electron chi connectivity index (χ3n) is 5.82. The van der Waals surface area contributed by atoms with E-state index in [0.29, 0.717) is 17.0 Å². The fourth-order valence-electron chi connectivity index (χ4n) is 4.07. The van der Waals surface area contributed by atoms with E-state index in [-0.39, 0.29) is 17.8 Å². The van der Waals surface area contributed by atoms with Crippen LogP contribution in [0.3, 0.4) is 0 Å². The maximum Gasteiger partial charge on any atom is 0.233 e. The lowest BCUT2D eigenvalue weighted by molar-refractivity contribution is -0.120. The summed E-state index contributed by atoms with van der Waals surface area (Å²) in [4.78, 5) is 12.7. The van der Waals surface area contributed by atoms with Crippen LogP contribution in [-0.2, 0) is 11.4 Å². The van der Waals surface area contributed by atoms with Crippen molar-refractivity contribution in [3.8, 4) is 11.4 Å². The molecule has 1 aliphatic rings. The normalized spacial score (nSPS) is 15.0. The van der Waals surface area contributed by atoms with Crippen molar-refractivity contribution in [1.82, 2.24) is 20.1 Å². The number of amides is 1. The van der Waals surface area contributed by atoms with E-state index in [0.717, 1.165) is 35.4 Å². The molecular weight excluding hydrogens is 420 g/mol. The number of ether oxygens (including phenoxy) is 1. The van der Waals surface area contributed by atoms with E-state index < -0.39 is 0 Å². The molecule has 4 rings (SSSR count). The Morgan fingerprint density at radius 1 is 1.09 bits per heavy atom. The zero-order valence-corrected chi connectivity index (χ0v) is 19.7. The molecule has 1 aliphatic carbocycles. The Bertz CT molecular complexity index is 1040. The largest absolute Gasteiger partial charge is 0.485 e. The van der Waals surface area contributed by atoms with Crippen LogP contribution in [-0.4, -0.2) is 32.0 Å². The molecule has 0 radical (unpaired) electrons. The number of hydrogen-bond donors (Lipinski definition) is 1. The molecule has 1 aromatic heterocycles. The highest BCUT2D eigenvalue weighted by atomic mass is 32.2. The monoisotopic (exact) mass is 450 g/mol. The van der Waals surface area contributed by atoms with Gasteiger partial charge in [-0.25, -0.2) is 0 Å². The third kappa shape index (κ3) is 5.15. The third-order valence-corrected chi connectivity index (χ3v) is 6.86. The van der Waals surface area contributed by atoms with Crippen molar-refractivity contribution in [2.24, 2.45) is 0 Å². The van der Waals surface area contributed by atoms with Gasteiger partial charge < -0.3 is 10.1 Å². The molecule has 1 saturated carbocycles. The van der Waals surface area contributed by atoms with Gasteiger partial charge in [0.15, 0.2) is 11.0 Å². The number of carbonyl (C=O) groups is 1. The molecule has 3 aromatic rings. The predicted molar refractivity (Wildman–Crippen MR) is 127 cm³/mol. The van der Waals surface area contributed by atoms with Gasteiger partial charge in [-0.1, -0.05) is 61.0 Å². The molecule has 2 aromatic carbocycles. The first-order valence-electron chi connectivity index (χ1n) is 11.2. The van der Waals surface area contributed by atoms with Crippen molar-refractivity contribution < 1.29 is 9.53 Å². The highest BCUT2D eigenvalue weighted by Crippen LogP contribution is 2.28. The van der Waals surface area contributed by atoms with E-state index >= 15 is 0 Å². The van der Waals surface area contributed by atoms with E-state index in [1.807, 2.05) is 73.9 Å². The Balaban J connectivity index is 1.55.